The first-order valence-electron chi connectivity index (χ1n) is 11.5. The van der Waals surface area contributed by atoms with Crippen molar-refractivity contribution in [3.05, 3.63) is 29.8 Å². The molecule has 0 saturated heterocycles. The minimum Gasteiger partial charge on any atom is -0.427 e. The van der Waals surface area contributed by atoms with E-state index < -0.39 is 0 Å². The van der Waals surface area contributed by atoms with E-state index in [1.165, 1.54) is 69.8 Å². The van der Waals surface area contributed by atoms with Gasteiger partial charge in [0.25, 0.3) is 0 Å². The molecule has 0 aromatic heterocycles. The number of hydrogen-bond acceptors (Lipinski definition) is 2. The van der Waals surface area contributed by atoms with Crippen LogP contribution in [0, 0.1) is 23.7 Å². The van der Waals surface area contributed by atoms with E-state index in [1.807, 2.05) is 19.1 Å². The predicted octanol–water partition coefficient (Wildman–Crippen LogP) is 6.96. The fraction of sp³-hybridized carbons (Fsp3) is 0.720. The van der Waals surface area contributed by atoms with E-state index in [-0.39, 0.29) is 5.97 Å². The van der Waals surface area contributed by atoms with Crippen LogP contribution in [-0.2, 0) is 11.2 Å². The molecule has 0 bridgehead atoms. The molecule has 27 heavy (non-hydrogen) atoms. The fourth-order valence-corrected chi connectivity index (χ4v) is 5.31. The van der Waals surface area contributed by atoms with Crippen molar-refractivity contribution < 1.29 is 9.53 Å². The second-order valence-electron chi connectivity index (χ2n) is 8.98. The molecule has 0 N–H and O–H groups in total. The van der Waals surface area contributed by atoms with Gasteiger partial charge < -0.3 is 4.74 Å². The summed E-state index contributed by atoms with van der Waals surface area (Å²) in [5.41, 5.74) is 1.37. The van der Waals surface area contributed by atoms with Gasteiger partial charge in [-0.25, -0.2) is 0 Å². The summed E-state index contributed by atoms with van der Waals surface area (Å²) in [6.07, 6.45) is 16.1. The van der Waals surface area contributed by atoms with Gasteiger partial charge in [-0.3, -0.25) is 4.79 Å². The van der Waals surface area contributed by atoms with Crippen molar-refractivity contribution in [2.45, 2.75) is 90.9 Å². The van der Waals surface area contributed by atoms with Crippen molar-refractivity contribution >= 4 is 5.97 Å². The van der Waals surface area contributed by atoms with Gasteiger partial charge in [-0.05, 0) is 79.9 Å². The molecule has 2 saturated carbocycles. The van der Waals surface area contributed by atoms with E-state index in [4.69, 9.17) is 4.74 Å². The highest BCUT2D eigenvalue weighted by Crippen LogP contribution is 2.42. The lowest BCUT2D eigenvalue weighted by atomic mass is 9.68. The van der Waals surface area contributed by atoms with Gasteiger partial charge in [0, 0.05) is 6.42 Å². The average molecular weight is 371 g/mol. The molecule has 0 spiro atoms. The normalized spacial score (nSPS) is 28.7. The highest BCUT2D eigenvalue weighted by Gasteiger charge is 2.30. The molecule has 150 valence electrons. The monoisotopic (exact) mass is 370 g/mol. The van der Waals surface area contributed by atoms with Crippen molar-refractivity contribution in [1.82, 2.24) is 0 Å². The molecule has 2 fully saturated rings. The predicted molar refractivity (Wildman–Crippen MR) is 112 cm³/mol. The number of carbonyl (C=O) groups excluding carboxylic acids is 1. The van der Waals surface area contributed by atoms with Gasteiger partial charge in [-0.1, -0.05) is 58.1 Å². The van der Waals surface area contributed by atoms with E-state index in [1.54, 1.807) is 0 Å². The van der Waals surface area contributed by atoms with Crippen molar-refractivity contribution in [3.8, 4) is 5.75 Å². The van der Waals surface area contributed by atoms with Crippen LogP contribution in [0.25, 0.3) is 0 Å². The minimum absolute atomic E-state index is 0.164. The zero-order valence-corrected chi connectivity index (χ0v) is 17.4. The van der Waals surface area contributed by atoms with Gasteiger partial charge in [-0.15, -0.1) is 0 Å². The standard InChI is InChI=1S/C25H38O2/c1-3-19-7-13-22(14-8-19)23-15-9-20(10-16-23)5-6-21-11-17-24(18-12-21)27-25(26)4-2/h11-12,17-20,22-23H,3-10,13-16H2,1-2H3. The van der Waals surface area contributed by atoms with Crippen LogP contribution in [0.5, 0.6) is 5.75 Å². The van der Waals surface area contributed by atoms with Crippen LogP contribution in [0.1, 0.15) is 90.0 Å². The third-order valence-electron chi connectivity index (χ3n) is 7.31. The maximum Gasteiger partial charge on any atom is 0.310 e. The molecule has 0 radical (unpaired) electrons. The summed E-state index contributed by atoms with van der Waals surface area (Å²) < 4.78 is 5.26. The average Bonchev–Trinajstić information content (AvgIpc) is 2.73. The number of ether oxygens (including phenoxy) is 1. The molecular weight excluding hydrogens is 332 g/mol. The van der Waals surface area contributed by atoms with E-state index >= 15 is 0 Å². The highest BCUT2D eigenvalue weighted by atomic mass is 16.5. The summed E-state index contributed by atoms with van der Waals surface area (Å²) in [6.45, 7) is 4.18. The van der Waals surface area contributed by atoms with Crippen LogP contribution >= 0.6 is 0 Å². The Morgan fingerprint density at radius 1 is 0.852 bits per heavy atom. The number of esters is 1. The lowest BCUT2D eigenvalue weighted by molar-refractivity contribution is -0.134. The van der Waals surface area contributed by atoms with Crippen LogP contribution in [0.4, 0.5) is 0 Å². The van der Waals surface area contributed by atoms with Gasteiger partial charge in [0.05, 0.1) is 0 Å². The Labute approximate surface area is 166 Å². The first-order chi connectivity index (χ1) is 13.2. The number of aryl methyl sites for hydroxylation is 1. The second-order valence-corrected chi connectivity index (χ2v) is 8.98. The smallest absolute Gasteiger partial charge is 0.310 e. The summed E-state index contributed by atoms with van der Waals surface area (Å²) in [5.74, 6) is 4.49. The third-order valence-corrected chi connectivity index (χ3v) is 7.31. The Morgan fingerprint density at radius 2 is 1.41 bits per heavy atom. The van der Waals surface area contributed by atoms with Crippen molar-refractivity contribution in [3.63, 3.8) is 0 Å². The Bertz CT molecular complexity index is 560. The Kier molecular flexibility index (Phi) is 7.79. The summed E-state index contributed by atoms with van der Waals surface area (Å²) in [4.78, 5) is 11.3. The number of hydrogen-bond donors (Lipinski definition) is 0. The zero-order valence-electron chi connectivity index (χ0n) is 17.4. The Morgan fingerprint density at radius 3 is 1.93 bits per heavy atom. The summed E-state index contributed by atoms with van der Waals surface area (Å²) in [5, 5.41) is 0. The second kappa shape index (κ2) is 10.3. The zero-order chi connectivity index (χ0) is 19.1. The molecule has 1 aromatic rings. The molecule has 2 aliphatic carbocycles. The first kappa shape index (κ1) is 20.4. The number of rotatable bonds is 7. The molecule has 0 amide bonds. The van der Waals surface area contributed by atoms with Crippen LogP contribution in [0.15, 0.2) is 24.3 Å². The molecule has 0 atom stereocenters. The van der Waals surface area contributed by atoms with Crippen molar-refractivity contribution in [1.29, 1.82) is 0 Å². The molecular formula is C25H38O2. The van der Waals surface area contributed by atoms with Crippen LogP contribution in [-0.4, -0.2) is 5.97 Å². The van der Waals surface area contributed by atoms with Crippen molar-refractivity contribution in [2.75, 3.05) is 0 Å². The molecule has 2 aliphatic rings. The lowest BCUT2D eigenvalue weighted by Crippen LogP contribution is -2.25. The Hall–Kier alpha value is -1.31. The summed E-state index contributed by atoms with van der Waals surface area (Å²) in [7, 11) is 0. The van der Waals surface area contributed by atoms with Gasteiger partial charge in [0.1, 0.15) is 5.75 Å². The summed E-state index contributed by atoms with van der Waals surface area (Å²) >= 11 is 0. The van der Waals surface area contributed by atoms with Crippen LogP contribution in [0.2, 0.25) is 0 Å². The summed E-state index contributed by atoms with van der Waals surface area (Å²) in [6, 6.07) is 8.12. The highest BCUT2D eigenvalue weighted by molar-refractivity contribution is 5.71. The Balaban J connectivity index is 1.36. The fourth-order valence-electron chi connectivity index (χ4n) is 5.31. The maximum absolute atomic E-state index is 11.3. The molecule has 0 aliphatic heterocycles. The number of benzene rings is 1. The van der Waals surface area contributed by atoms with E-state index in [0.717, 1.165) is 30.1 Å². The lowest BCUT2D eigenvalue weighted by Gasteiger charge is -2.37. The molecule has 2 nitrogen and oxygen atoms in total. The molecule has 1 aromatic carbocycles. The van der Waals surface area contributed by atoms with Gasteiger partial charge in [0.2, 0.25) is 0 Å². The quantitative estimate of drug-likeness (QED) is 0.383. The molecule has 0 heterocycles. The van der Waals surface area contributed by atoms with Gasteiger partial charge >= 0.3 is 5.97 Å². The first-order valence-corrected chi connectivity index (χ1v) is 11.5. The van der Waals surface area contributed by atoms with Crippen LogP contribution < -0.4 is 4.74 Å². The minimum atomic E-state index is -0.164. The van der Waals surface area contributed by atoms with Gasteiger partial charge in [-0.2, -0.15) is 0 Å². The van der Waals surface area contributed by atoms with Gasteiger partial charge in [0.15, 0.2) is 0 Å². The van der Waals surface area contributed by atoms with Crippen molar-refractivity contribution in [2.24, 2.45) is 23.7 Å². The van der Waals surface area contributed by atoms with E-state index in [0.29, 0.717) is 12.2 Å². The van der Waals surface area contributed by atoms with E-state index in [2.05, 4.69) is 19.1 Å². The number of carbonyl (C=O) groups is 1. The molecule has 3 rings (SSSR count). The largest absolute Gasteiger partial charge is 0.427 e. The molecule has 2 heteroatoms. The SMILES string of the molecule is CCC(=O)Oc1ccc(CCC2CCC(C3CCC(CC)CC3)CC2)cc1. The van der Waals surface area contributed by atoms with E-state index in [9.17, 15) is 4.79 Å². The maximum atomic E-state index is 11.3. The topological polar surface area (TPSA) is 26.3 Å². The van der Waals surface area contributed by atoms with Crippen LogP contribution in [0.3, 0.4) is 0 Å². The third kappa shape index (κ3) is 6.09. The molecule has 0 unspecified atom stereocenters.